The van der Waals surface area contributed by atoms with Crippen LogP contribution in [0.2, 0.25) is 0 Å². The van der Waals surface area contributed by atoms with Gasteiger partial charge >= 0.3 is 6.18 Å². The molecule has 0 aliphatic heterocycles. The van der Waals surface area contributed by atoms with Crippen LogP contribution in [0, 0.1) is 0 Å². The van der Waals surface area contributed by atoms with Crippen molar-refractivity contribution in [2.75, 3.05) is 6.54 Å². The van der Waals surface area contributed by atoms with Gasteiger partial charge in [-0.2, -0.15) is 13.2 Å². The first-order chi connectivity index (χ1) is 5.45. The first-order valence-electron chi connectivity index (χ1n) is 3.90. The summed E-state index contributed by atoms with van der Waals surface area (Å²) in [4.78, 5) is 0. The molecule has 0 spiro atoms. The van der Waals surface area contributed by atoms with E-state index < -0.39 is 18.7 Å². The third-order valence-corrected chi connectivity index (χ3v) is 1.50. The highest BCUT2D eigenvalue weighted by molar-refractivity contribution is 4.58. The zero-order valence-corrected chi connectivity index (χ0v) is 6.77. The zero-order valence-electron chi connectivity index (χ0n) is 6.77. The Labute approximate surface area is 69.6 Å². The predicted octanol–water partition coefficient (Wildman–Crippen LogP) is 1.43. The van der Waals surface area contributed by atoms with Crippen molar-refractivity contribution in [1.82, 2.24) is 0 Å². The van der Waals surface area contributed by atoms with Gasteiger partial charge in [0.25, 0.3) is 0 Å². The van der Waals surface area contributed by atoms with Crippen molar-refractivity contribution in [3.05, 3.63) is 0 Å². The molecule has 0 bridgehead atoms. The van der Waals surface area contributed by atoms with Crippen molar-refractivity contribution in [3.63, 3.8) is 0 Å². The number of aliphatic hydroxyl groups is 1. The van der Waals surface area contributed by atoms with E-state index in [4.69, 9.17) is 10.8 Å². The highest BCUT2D eigenvalue weighted by Crippen LogP contribution is 2.22. The smallest absolute Gasteiger partial charge is 0.389 e. The van der Waals surface area contributed by atoms with E-state index in [9.17, 15) is 13.2 Å². The summed E-state index contributed by atoms with van der Waals surface area (Å²) in [5.74, 6) is 0. The third kappa shape index (κ3) is 7.81. The first kappa shape index (κ1) is 11.7. The van der Waals surface area contributed by atoms with Crippen LogP contribution in [0.5, 0.6) is 0 Å². The Morgan fingerprint density at radius 2 is 1.83 bits per heavy atom. The Morgan fingerprint density at radius 1 is 1.25 bits per heavy atom. The Balaban J connectivity index is 3.31. The monoisotopic (exact) mass is 185 g/mol. The van der Waals surface area contributed by atoms with Gasteiger partial charge in [0, 0.05) is 6.42 Å². The number of hydrogen-bond acceptors (Lipinski definition) is 2. The van der Waals surface area contributed by atoms with Crippen LogP contribution in [0.3, 0.4) is 0 Å². The van der Waals surface area contributed by atoms with Crippen LogP contribution in [0.15, 0.2) is 0 Å². The minimum atomic E-state index is -4.11. The summed E-state index contributed by atoms with van der Waals surface area (Å²) in [5.41, 5.74) is 5.10. The molecular formula is C7H14F3NO. The molecule has 5 heteroatoms. The molecule has 1 atom stereocenters. The topological polar surface area (TPSA) is 46.2 Å². The fourth-order valence-electron chi connectivity index (χ4n) is 0.875. The molecule has 0 saturated carbocycles. The van der Waals surface area contributed by atoms with Crippen molar-refractivity contribution in [2.24, 2.45) is 5.73 Å². The molecule has 0 aliphatic rings. The molecule has 0 aromatic carbocycles. The normalized spacial score (nSPS) is 14.8. The van der Waals surface area contributed by atoms with Gasteiger partial charge in [-0.3, -0.25) is 0 Å². The van der Waals surface area contributed by atoms with Crippen molar-refractivity contribution in [1.29, 1.82) is 0 Å². The molecule has 0 aromatic rings. The summed E-state index contributed by atoms with van der Waals surface area (Å²) in [5, 5.41) is 9.00. The maximum Gasteiger partial charge on any atom is 0.389 e. The SMILES string of the molecule is NCCC(O)CCCC(F)(F)F. The van der Waals surface area contributed by atoms with Crippen LogP contribution in [-0.4, -0.2) is 23.9 Å². The molecule has 2 nitrogen and oxygen atoms in total. The molecule has 0 rings (SSSR count). The molecule has 0 saturated heterocycles. The van der Waals surface area contributed by atoms with Crippen molar-refractivity contribution in [3.8, 4) is 0 Å². The van der Waals surface area contributed by atoms with Crippen LogP contribution < -0.4 is 5.73 Å². The van der Waals surface area contributed by atoms with Crippen LogP contribution in [0.1, 0.15) is 25.7 Å². The summed E-state index contributed by atoms with van der Waals surface area (Å²) >= 11 is 0. The lowest BCUT2D eigenvalue weighted by molar-refractivity contribution is -0.136. The van der Waals surface area contributed by atoms with Crippen LogP contribution in [-0.2, 0) is 0 Å². The first-order valence-corrected chi connectivity index (χ1v) is 3.90. The number of halogens is 3. The fraction of sp³-hybridized carbons (Fsp3) is 1.00. The predicted molar refractivity (Wildman–Crippen MR) is 39.6 cm³/mol. The van der Waals surface area contributed by atoms with Gasteiger partial charge in [0.05, 0.1) is 6.10 Å². The van der Waals surface area contributed by atoms with Crippen LogP contribution >= 0.6 is 0 Å². The van der Waals surface area contributed by atoms with E-state index in [1.54, 1.807) is 0 Å². The number of rotatable bonds is 5. The van der Waals surface area contributed by atoms with Crippen LogP contribution in [0.4, 0.5) is 13.2 Å². The molecule has 1 unspecified atom stereocenters. The number of hydrogen-bond donors (Lipinski definition) is 2. The van der Waals surface area contributed by atoms with Gasteiger partial charge in [-0.15, -0.1) is 0 Å². The second-order valence-corrected chi connectivity index (χ2v) is 2.74. The summed E-state index contributed by atoms with van der Waals surface area (Å²) in [7, 11) is 0. The zero-order chi connectivity index (χ0) is 9.61. The minimum Gasteiger partial charge on any atom is -0.393 e. The lowest BCUT2D eigenvalue weighted by Crippen LogP contribution is -2.15. The Morgan fingerprint density at radius 3 is 2.25 bits per heavy atom. The van der Waals surface area contributed by atoms with Crippen LogP contribution in [0.25, 0.3) is 0 Å². The number of alkyl halides is 3. The van der Waals surface area contributed by atoms with Gasteiger partial charge < -0.3 is 10.8 Å². The highest BCUT2D eigenvalue weighted by atomic mass is 19.4. The largest absolute Gasteiger partial charge is 0.393 e. The average molecular weight is 185 g/mol. The van der Waals surface area contributed by atoms with Gasteiger partial charge in [-0.25, -0.2) is 0 Å². The van der Waals surface area contributed by atoms with Crippen molar-refractivity contribution in [2.45, 2.75) is 38.0 Å². The van der Waals surface area contributed by atoms with Crippen molar-refractivity contribution >= 4 is 0 Å². The molecule has 0 radical (unpaired) electrons. The summed E-state index contributed by atoms with van der Waals surface area (Å²) in [6.07, 6.45) is -5.09. The van der Waals surface area contributed by atoms with E-state index in [-0.39, 0.29) is 12.8 Å². The minimum absolute atomic E-state index is 0.0231. The quantitative estimate of drug-likeness (QED) is 0.680. The lowest BCUT2D eigenvalue weighted by atomic mass is 10.1. The van der Waals surface area contributed by atoms with Gasteiger partial charge in [0.15, 0.2) is 0 Å². The van der Waals surface area contributed by atoms with E-state index in [1.807, 2.05) is 0 Å². The van der Waals surface area contributed by atoms with Gasteiger partial charge in [0.1, 0.15) is 0 Å². The standard InChI is InChI=1S/C7H14F3NO/c8-7(9,10)4-1-2-6(12)3-5-11/h6,12H,1-5,11H2. The van der Waals surface area contributed by atoms with Gasteiger partial charge in [0.2, 0.25) is 0 Å². The molecule has 0 amide bonds. The fourth-order valence-corrected chi connectivity index (χ4v) is 0.875. The van der Waals surface area contributed by atoms with E-state index in [0.717, 1.165) is 0 Å². The Kier molecular flexibility index (Phi) is 5.24. The van der Waals surface area contributed by atoms with E-state index >= 15 is 0 Å². The maximum atomic E-state index is 11.6. The number of nitrogens with two attached hydrogens (primary N) is 1. The summed E-state index contributed by atoms with van der Waals surface area (Å²) in [6, 6.07) is 0. The average Bonchev–Trinajstić information content (AvgIpc) is 1.84. The highest BCUT2D eigenvalue weighted by Gasteiger charge is 2.26. The van der Waals surface area contributed by atoms with Crippen molar-refractivity contribution < 1.29 is 18.3 Å². The molecule has 3 N–H and O–H groups in total. The molecule has 0 aromatic heterocycles. The molecule has 0 aliphatic carbocycles. The van der Waals surface area contributed by atoms with E-state index in [1.165, 1.54) is 0 Å². The maximum absolute atomic E-state index is 11.6. The molecule has 0 fully saturated rings. The molecule has 12 heavy (non-hydrogen) atoms. The third-order valence-electron chi connectivity index (χ3n) is 1.50. The molecular weight excluding hydrogens is 171 g/mol. The summed E-state index contributed by atoms with van der Waals surface area (Å²) < 4.78 is 34.8. The lowest BCUT2D eigenvalue weighted by Gasteiger charge is -2.09. The Hall–Kier alpha value is -0.290. The van der Waals surface area contributed by atoms with Gasteiger partial charge in [-0.05, 0) is 25.8 Å². The second-order valence-electron chi connectivity index (χ2n) is 2.74. The Bertz CT molecular complexity index is 116. The van der Waals surface area contributed by atoms with E-state index in [0.29, 0.717) is 13.0 Å². The second kappa shape index (κ2) is 5.37. The molecule has 0 heterocycles. The van der Waals surface area contributed by atoms with Gasteiger partial charge in [-0.1, -0.05) is 0 Å². The summed E-state index contributed by atoms with van der Waals surface area (Å²) in [6.45, 7) is 0.313. The molecule has 74 valence electrons. The number of aliphatic hydroxyl groups excluding tert-OH is 1. The van der Waals surface area contributed by atoms with E-state index in [2.05, 4.69) is 0 Å².